The number of benzene rings is 1. The summed E-state index contributed by atoms with van der Waals surface area (Å²) >= 11 is 5.62. The van der Waals surface area contributed by atoms with Gasteiger partial charge in [-0.2, -0.15) is 11.8 Å². The van der Waals surface area contributed by atoms with Crippen molar-refractivity contribution in [3.05, 3.63) is 33.8 Å². The molecule has 0 radical (unpaired) electrons. The Balaban J connectivity index is 2.39. The Morgan fingerprint density at radius 3 is 3.00 bits per heavy atom. The molecule has 2 rings (SSSR count). The third kappa shape index (κ3) is 2.24. The Morgan fingerprint density at radius 1 is 1.53 bits per heavy atom. The average molecular weight is 286 g/mol. The summed E-state index contributed by atoms with van der Waals surface area (Å²) in [6, 6.07) is 7.14. The maximum absolute atomic E-state index is 3.55. The number of hydrogen-bond donors (Lipinski definition) is 1. The monoisotopic (exact) mass is 285 g/mol. The molecule has 1 aromatic carbocycles. The van der Waals surface area contributed by atoms with E-state index >= 15 is 0 Å². The van der Waals surface area contributed by atoms with Crippen LogP contribution in [-0.4, -0.2) is 12.3 Å². The highest BCUT2D eigenvalue weighted by Crippen LogP contribution is 2.39. The van der Waals surface area contributed by atoms with Crippen LogP contribution < -0.4 is 5.32 Å². The van der Waals surface area contributed by atoms with Gasteiger partial charge in [0, 0.05) is 21.5 Å². The van der Waals surface area contributed by atoms with E-state index in [1.165, 1.54) is 22.0 Å². The number of thioether (sulfide) groups is 1. The van der Waals surface area contributed by atoms with Gasteiger partial charge in [-0.05, 0) is 36.7 Å². The standard InChI is InChI=1S/C12H16BrNS/c1-3-11-12(14-2)10-6-9(13)5-4-8(10)7-15-11/h4-6,11-12,14H,3,7H2,1-2H3. The van der Waals surface area contributed by atoms with Crippen LogP contribution in [0.1, 0.15) is 30.5 Å². The molecule has 15 heavy (non-hydrogen) atoms. The summed E-state index contributed by atoms with van der Waals surface area (Å²) in [6.45, 7) is 2.27. The van der Waals surface area contributed by atoms with Crippen LogP contribution in [0, 0.1) is 0 Å². The SMILES string of the molecule is CCC1SCc2ccc(Br)cc2C1NC. The van der Waals surface area contributed by atoms with Gasteiger partial charge >= 0.3 is 0 Å². The van der Waals surface area contributed by atoms with E-state index in [0.717, 1.165) is 5.75 Å². The summed E-state index contributed by atoms with van der Waals surface area (Å²) in [5.41, 5.74) is 2.95. The van der Waals surface area contributed by atoms with Gasteiger partial charge in [-0.25, -0.2) is 0 Å². The van der Waals surface area contributed by atoms with Crippen molar-refractivity contribution in [3.63, 3.8) is 0 Å². The fourth-order valence-electron chi connectivity index (χ4n) is 2.18. The zero-order chi connectivity index (χ0) is 10.8. The molecule has 0 saturated carbocycles. The largest absolute Gasteiger partial charge is 0.312 e. The van der Waals surface area contributed by atoms with Crippen molar-refractivity contribution in [1.29, 1.82) is 0 Å². The van der Waals surface area contributed by atoms with Gasteiger partial charge in [0.15, 0.2) is 0 Å². The van der Waals surface area contributed by atoms with Crippen molar-refractivity contribution in [2.24, 2.45) is 0 Å². The van der Waals surface area contributed by atoms with Crippen molar-refractivity contribution in [1.82, 2.24) is 5.32 Å². The molecular formula is C12H16BrNS. The maximum Gasteiger partial charge on any atom is 0.0441 e. The van der Waals surface area contributed by atoms with Crippen molar-refractivity contribution in [2.75, 3.05) is 7.05 Å². The lowest BCUT2D eigenvalue weighted by Gasteiger charge is -2.32. The lowest BCUT2D eigenvalue weighted by Crippen LogP contribution is -2.30. The fourth-order valence-corrected chi connectivity index (χ4v) is 3.92. The van der Waals surface area contributed by atoms with E-state index in [1.807, 2.05) is 0 Å². The number of hydrogen-bond acceptors (Lipinski definition) is 2. The number of nitrogens with one attached hydrogen (secondary N) is 1. The molecule has 0 fully saturated rings. The van der Waals surface area contributed by atoms with E-state index in [1.54, 1.807) is 0 Å². The van der Waals surface area contributed by atoms with E-state index in [4.69, 9.17) is 0 Å². The predicted molar refractivity (Wildman–Crippen MR) is 71.3 cm³/mol. The molecular weight excluding hydrogens is 270 g/mol. The quantitative estimate of drug-likeness (QED) is 0.889. The van der Waals surface area contributed by atoms with Gasteiger partial charge in [0.25, 0.3) is 0 Å². The smallest absolute Gasteiger partial charge is 0.0441 e. The number of fused-ring (bicyclic) bond motifs is 1. The molecule has 1 nitrogen and oxygen atoms in total. The minimum Gasteiger partial charge on any atom is -0.312 e. The Bertz CT molecular complexity index is 353. The molecule has 82 valence electrons. The molecule has 2 atom stereocenters. The van der Waals surface area contributed by atoms with Crippen LogP contribution in [0.5, 0.6) is 0 Å². The highest BCUT2D eigenvalue weighted by atomic mass is 79.9. The summed E-state index contributed by atoms with van der Waals surface area (Å²) in [5, 5.41) is 4.15. The minimum atomic E-state index is 0.501. The van der Waals surface area contributed by atoms with Crippen LogP contribution in [0.3, 0.4) is 0 Å². The minimum absolute atomic E-state index is 0.501. The maximum atomic E-state index is 3.55. The first kappa shape index (κ1) is 11.5. The van der Waals surface area contributed by atoms with Crippen molar-refractivity contribution >= 4 is 27.7 Å². The van der Waals surface area contributed by atoms with Gasteiger partial charge in [-0.1, -0.05) is 28.9 Å². The third-order valence-electron chi connectivity index (χ3n) is 2.98. The lowest BCUT2D eigenvalue weighted by atomic mass is 9.97. The van der Waals surface area contributed by atoms with E-state index in [-0.39, 0.29) is 0 Å². The molecule has 0 saturated heterocycles. The topological polar surface area (TPSA) is 12.0 Å². The van der Waals surface area contributed by atoms with Crippen LogP contribution in [0.2, 0.25) is 0 Å². The van der Waals surface area contributed by atoms with Crippen LogP contribution >= 0.6 is 27.7 Å². The second-order valence-electron chi connectivity index (χ2n) is 3.87. The Hall–Kier alpha value is 0.01000. The van der Waals surface area contributed by atoms with Crippen molar-refractivity contribution < 1.29 is 0 Å². The second-order valence-corrected chi connectivity index (χ2v) is 6.01. The molecule has 1 N–H and O–H groups in total. The van der Waals surface area contributed by atoms with Gasteiger partial charge in [0.1, 0.15) is 0 Å². The van der Waals surface area contributed by atoms with Gasteiger partial charge in [0.2, 0.25) is 0 Å². The van der Waals surface area contributed by atoms with Crippen LogP contribution in [0.4, 0.5) is 0 Å². The molecule has 1 aromatic rings. The molecule has 1 aliphatic heterocycles. The van der Waals surface area contributed by atoms with E-state index in [9.17, 15) is 0 Å². The molecule has 3 heteroatoms. The zero-order valence-corrected chi connectivity index (χ0v) is 11.5. The predicted octanol–water partition coefficient (Wildman–Crippen LogP) is 3.74. The molecule has 0 spiro atoms. The second kappa shape index (κ2) is 4.89. The van der Waals surface area contributed by atoms with Crippen LogP contribution in [-0.2, 0) is 5.75 Å². The first-order valence-electron chi connectivity index (χ1n) is 5.33. The fraction of sp³-hybridized carbons (Fsp3) is 0.500. The normalized spacial score (nSPS) is 25.0. The lowest BCUT2D eigenvalue weighted by molar-refractivity contribution is 0.546. The van der Waals surface area contributed by atoms with Gasteiger partial charge < -0.3 is 5.32 Å². The van der Waals surface area contributed by atoms with Crippen LogP contribution in [0.25, 0.3) is 0 Å². The zero-order valence-electron chi connectivity index (χ0n) is 9.09. The van der Waals surface area contributed by atoms with Gasteiger partial charge in [0.05, 0.1) is 0 Å². The summed E-state index contributed by atoms with van der Waals surface area (Å²) in [4.78, 5) is 0. The molecule has 1 aliphatic rings. The summed E-state index contributed by atoms with van der Waals surface area (Å²) in [6.07, 6.45) is 1.22. The highest BCUT2D eigenvalue weighted by Gasteiger charge is 2.27. The Labute approximate surface area is 104 Å². The van der Waals surface area contributed by atoms with E-state index in [0.29, 0.717) is 11.3 Å². The first-order chi connectivity index (χ1) is 7.26. The summed E-state index contributed by atoms with van der Waals surface area (Å²) in [7, 11) is 2.06. The van der Waals surface area contributed by atoms with Crippen molar-refractivity contribution in [2.45, 2.75) is 30.4 Å². The van der Waals surface area contributed by atoms with Crippen molar-refractivity contribution in [3.8, 4) is 0 Å². The van der Waals surface area contributed by atoms with Crippen LogP contribution in [0.15, 0.2) is 22.7 Å². The summed E-state index contributed by atoms with van der Waals surface area (Å²) in [5.74, 6) is 1.15. The number of halogens is 1. The van der Waals surface area contributed by atoms with E-state index in [2.05, 4.69) is 65.2 Å². The molecule has 0 bridgehead atoms. The molecule has 0 aliphatic carbocycles. The Morgan fingerprint density at radius 2 is 2.33 bits per heavy atom. The molecule has 1 heterocycles. The van der Waals surface area contributed by atoms with E-state index < -0.39 is 0 Å². The van der Waals surface area contributed by atoms with Gasteiger partial charge in [-0.3, -0.25) is 0 Å². The summed E-state index contributed by atoms with van der Waals surface area (Å²) < 4.78 is 1.18. The number of rotatable bonds is 2. The highest BCUT2D eigenvalue weighted by molar-refractivity contribution is 9.10. The molecule has 0 amide bonds. The average Bonchev–Trinajstić information content (AvgIpc) is 2.27. The molecule has 2 unspecified atom stereocenters. The first-order valence-corrected chi connectivity index (χ1v) is 7.17. The Kier molecular flexibility index (Phi) is 3.75. The van der Waals surface area contributed by atoms with Gasteiger partial charge in [-0.15, -0.1) is 0 Å². The third-order valence-corrected chi connectivity index (χ3v) is 4.99. The molecule has 0 aromatic heterocycles.